The first-order valence-electron chi connectivity index (χ1n) is 9.35. The Morgan fingerprint density at radius 3 is 1.93 bits per heavy atom. The maximum absolute atomic E-state index is 14.6. The fraction of sp³-hybridized carbons (Fsp3) is 0.429. The Hall–Kier alpha value is -1.99. The zero-order valence-electron chi connectivity index (χ0n) is 15.3. The van der Waals surface area contributed by atoms with Crippen LogP contribution < -0.4 is 0 Å². The van der Waals surface area contributed by atoms with Crippen molar-refractivity contribution < 1.29 is 27.1 Å². The number of rotatable bonds is 7. The minimum Gasteiger partial charge on any atom is -0.395 e. The Morgan fingerprint density at radius 2 is 1.39 bits per heavy atom. The van der Waals surface area contributed by atoms with Crippen LogP contribution in [0.3, 0.4) is 0 Å². The average Bonchev–Trinajstić information content (AvgIpc) is 3.23. The molecule has 1 N–H and O–H groups in total. The number of hydrogen-bond donors (Lipinski definition) is 1. The first-order chi connectivity index (χ1) is 13.5. The minimum absolute atomic E-state index is 0.0511. The molecule has 0 radical (unpaired) electrons. The van der Waals surface area contributed by atoms with Crippen molar-refractivity contribution in [2.24, 2.45) is 5.92 Å². The predicted octanol–water partition coefficient (Wildman–Crippen LogP) is 5.11. The first-order valence-corrected chi connectivity index (χ1v) is 9.35. The summed E-state index contributed by atoms with van der Waals surface area (Å²) in [6, 6.07) is 8.03. The van der Waals surface area contributed by atoms with E-state index in [1.165, 1.54) is 0 Å². The third-order valence-electron chi connectivity index (χ3n) is 5.39. The standard InChI is InChI=1S/C21H22F5NO/c22-16-15(17(23)19(25)20(26)18(16)24)21(14-8-4-5-9-14)27(10-11-28)12-13-6-2-1-3-7-13/h1-3,6-7,14,21,28H,4-5,8-12H2/t21-/m0/s1. The average molecular weight is 399 g/mol. The van der Waals surface area contributed by atoms with Gasteiger partial charge in [0, 0.05) is 24.7 Å². The number of aliphatic hydroxyl groups is 1. The van der Waals surface area contributed by atoms with Gasteiger partial charge in [0.2, 0.25) is 5.82 Å². The molecule has 0 amide bonds. The maximum Gasteiger partial charge on any atom is 0.200 e. The highest BCUT2D eigenvalue weighted by Crippen LogP contribution is 2.43. The summed E-state index contributed by atoms with van der Waals surface area (Å²) in [5.74, 6) is -9.85. The predicted molar refractivity (Wildman–Crippen MR) is 94.9 cm³/mol. The van der Waals surface area contributed by atoms with Gasteiger partial charge in [-0.3, -0.25) is 4.90 Å². The van der Waals surface area contributed by atoms with E-state index in [0.717, 1.165) is 18.4 Å². The molecule has 0 unspecified atom stereocenters. The van der Waals surface area contributed by atoms with E-state index in [-0.39, 0.29) is 25.6 Å². The van der Waals surface area contributed by atoms with E-state index in [1.807, 2.05) is 18.2 Å². The SMILES string of the molecule is OCCN(Cc1ccccc1)[C@H](c1c(F)c(F)c(F)c(F)c1F)C1CCCC1. The molecule has 28 heavy (non-hydrogen) atoms. The van der Waals surface area contributed by atoms with Gasteiger partial charge in [0.15, 0.2) is 23.3 Å². The van der Waals surface area contributed by atoms with Crippen LogP contribution in [0.25, 0.3) is 0 Å². The molecule has 3 rings (SSSR count). The van der Waals surface area contributed by atoms with E-state index in [0.29, 0.717) is 12.8 Å². The van der Waals surface area contributed by atoms with Crippen molar-refractivity contribution in [2.45, 2.75) is 38.3 Å². The molecule has 0 saturated heterocycles. The van der Waals surface area contributed by atoms with Crippen LogP contribution in [0.4, 0.5) is 22.0 Å². The summed E-state index contributed by atoms with van der Waals surface area (Å²) in [6.07, 6.45) is 2.91. The molecular formula is C21H22F5NO. The molecule has 0 aliphatic heterocycles. The summed E-state index contributed by atoms with van der Waals surface area (Å²) in [5, 5.41) is 9.51. The topological polar surface area (TPSA) is 23.5 Å². The fourth-order valence-electron chi connectivity index (χ4n) is 4.13. The molecule has 152 valence electrons. The molecule has 1 fully saturated rings. The second-order valence-corrected chi connectivity index (χ2v) is 7.15. The van der Waals surface area contributed by atoms with Gasteiger partial charge in [-0.05, 0) is 24.3 Å². The van der Waals surface area contributed by atoms with E-state index in [1.54, 1.807) is 17.0 Å². The normalized spacial score (nSPS) is 16.1. The molecule has 1 aliphatic carbocycles. The Labute approximate surface area is 160 Å². The van der Waals surface area contributed by atoms with Crippen LogP contribution in [0.1, 0.15) is 42.9 Å². The quantitative estimate of drug-likeness (QED) is 0.397. The molecule has 0 spiro atoms. The van der Waals surface area contributed by atoms with Crippen molar-refractivity contribution in [1.29, 1.82) is 0 Å². The van der Waals surface area contributed by atoms with Crippen LogP contribution in [0.5, 0.6) is 0 Å². The maximum atomic E-state index is 14.6. The molecule has 7 heteroatoms. The zero-order valence-corrected chi connectivity index (χ0v) is 15.3. The van der Waals surface area contributed by atoms with Crippen molar-refractivity contribution in [3.63, 3.8) is 0 Å². The van der Waals surface area contributed by atoms with Crippen molar-refractivity contribution in [3.05, 3.63) is 70.5 Å². The second kappa shape index (κ2) is 9.01. The Kier molecular flexibility index (Phi) is 6.67. The Balaban J connectivity index is 2.10. The van der Waals surface area contributed by atoms with Crippen LogP contribution in [0.2, 0.25) is 0 Å². The van der Waals surface area contributed by atoms with Gasteiger partial charge in [0.25, 0.3) is 0 Å². The number of benzene rings is 2. The van der Waals surface area contributed by atoms with Crippen LogP contribution in [0.15, 0.2) is 30.3 Å². The molecular weight excluding hydrogens is 377 g/mol. The van der Waals surface area contributed by atoms with Gasteiger partial charge in [0.05, 0.1) is 6.61 Å². The highest BCUT2D eigenvalue weighted by Gasteiger charge is 2.38. The molecule has 1 saturated carbocycles. The summed E-state index contributed by atoms with van der Waals surface area (Å²) in [6.45, 7) is -0.0247. The number of hydrogen-bond acceptors (Lipinski definition) is 2. The van der Waals surface area contributed by atoms with Gasteiger partial charge in [-0.2, -0.15) is 0 Å². The molecule has 0 heterocycles. The van der Waals surface area contributed by atoms with Gasteiger partial charge >= 0.3 is 0 Å². The minimum atomic E-state index is -2.15. The second-order valence-electron chi connectivity index (χ2n) is 7.15. The monoisotopic (exact) mass is 399 g/mol. The Morgan fingerprint density at radius 1 is 0.857 bits per heavy atom. The number of nitrogens with zero attached hydrogens (tertiary/aromatic N) is 1. The molecule has 1 atom stereocenters. The van der Waals surface area contributed by atoms with Gasteiger partial charge < -0.3 is 5.11 Å². The van der Waals surface area contributed by atoms with Crippen LogP contribution in [0, 0.1) is 35.0 Å². The highest BCUT2D eigenvalue weighted by atomic mass is 19.2. The lowest BCUT2D eigenvalue weighted by Gasteiger charge is -2.36. The van der Waals surface area contributed by atoms with E-state index < -0.39 is 40.7 Å². The summed E-state index contributed by atoms with van der Waals surface area (Å²) >= 11 is 0. The fourth-order valence-corrected chi connectivity index (χ4v) is 4.13. The molecule has 2 nitrogen and oxygen atoms in total. The molecule has 2 aromatic rings. The Bertz CT molecular complexity index is 779. The third kappa shape index (κ3) is 4.05. The number of aliphatic hydroxyl groups excluding tert-OH is 1. The van der Waals surface area contributed by atoms with Gasteiger partial charge in [-0.25, -0.2) is 22.0 Å². The van der Waals surface area contributed by atoms with Crippen LogP contribution in [-0.4, -0.2) is 23.2 Å². The van der Waals surface area contributed by atoms with Crippen LogP contribution >= 0.6 is 0 Å². The van der Waals surface area contributed by atoms with Crippen molar-refractivity contribution in [1.82, 2.24) is 4.90 Å². The van der Waals surface area contributed by atoms with E-state index >= 15 is 0 Å². The number of halogens is 5. The summed E-state index contributed by atoms with van der Waals surface area (Å²) in [7, 11) is 0. The van der Waals surface area contributed by atoms with Crippen molar-refractivity contribution in [2.75, 3.05) is 13.2 Å². The van der Waals surface area contributed by atoms with Crippen molar-refractivity contribution in [3.8, 4) is 0 Å². The first kappa shape index (κ1) is 20.7. The van der Waals surface area contributed by atoms with E-state index in [9.17, 15) is 27.1 Å². The lowest BCUT2D eigenvalue weighted by Crippen LogP contribution is -2.36. The molecule has 0 bridgehead atoms. The van der Waals surface area contributed by atoms with E-state index in [2.05, 4.69) is 0 Å². The summed E-state index contributed by atoms with van der Waals surface area (Å²) in [4.78, 5) is 1.61. The van der Waals surface area contributed by atoms with Crippen molar-refractivity contribution >= 4 is 0 Å². The lowest BCUT2D eigenvalue weighted by molar-refractivity contribution is 0.0985. The van der Waals surface area contributed by atoms with Gasteiger partial charge in [-0.1, -0.05) is 43.2 Å². The van der Waals surface area contributed by atoms with E-state index in [4.69, 9.17) is 0 Å². The van der Waals surface area contributed by atoms with Gasteiger partial charge in [0.1, 0.15) is 0 Å². The third-order valence-corrected chi connectivity index (χ3v) is 5.39. The summed E-state index contributed by atoms with van der Waals surface area (Å²) in [5.41, 5.74) is 0.0236. The highest BCUT2D eigenvalue weighted by molar-refractivity contribution is 5.28. The van der Waals surface area contributed by atoms with Gasteiger partial charge in [-0.15, -0.1) is 0 Å². The molecule has 2 aromatic carbocycles. The molecule has 0 aromatic heterocycles. The van der Waals surface area contributed by atoms with Crippen LogP contribution in [-0.2, 0) is 6.54 Å². The molecule has 1 aliphatic rings. The lowest BCUT2D eigenvalue weighted by atomic mass is 9.88. The largest absolute Gasteiger partial charge is 0.395 e. The summed E-state index contributed by atoms with van der Waals surface area (Å²) < 4.78 is 70.6. The smallest absolute Gasteiger partial charge is 0.200 e. The zero-order chi connectivity index (χ0) is 20.3.